The van der Waals surface area contributed by atoms with Crippen LogP contribution in [0.5, 0.6) is 0 Å². The summed E-state index contributed by atoms with van der Waals surface area (Å²) in [6, 6.07) is 6.00. The summed E-state index contributed by atoms with van der Waals surface area (Å²) in [6.07, 6.45) is 3.20. The maximum absolute atomic E-state index is 12.2. The number of nitrogens with one attached hydrogen (secondary N) is 2. The van der Waals surface area contributed by atoms with Gasteiger partial charge in [-0.15, -0.1) is 0 Å². The van der Waals surface area contributed by atoms with Crippen LogP contribution in [0.15, 0.2) is 29.2 Å². The van der Waals surface area contributed by atoms with E-state index in [1.165, 1.54) is 31.4 Å². The van der Waals surface area contributed by atoms with Crippen LogP contribution < -0.4 is 10.0 Å². The van der Waals surface area contributed by atoms with Crippen molar-refractivity contribution >= 4 is 16.0 Å². The summed E-state index contributed by atoms with van der Waals surface area (Å²) in [4.78, 5) is 11.5. The number of piperidine rings is 1. The molecule has 1 saturated heterocycles. The molecule has 1 aliphatic heterocycles. The maximum atomic E-state index is 12.2. The van der Waals surface area contributed by atoms with E-state index in [0.29, 0.717) is 6.54 Å². The van der Waals surface area contributed by atoms with Crippen LogP contribution in [0.4, 0.5) is 0 Å². The molecule has 0 aromatic heterocycles. The number of carbonyl (C=O) groups is 1. The van der Waals surface area contributed by atoms with Crippen LogP contribution in [0.3, 0.4) is 0 Å². The lowest BCUT2D eigenvalue weighted by Crippen LogP contribution is -2.43. The number of rotatable bonds is 5. The van der Waals surface area contributed by atoms with E-state index in [1.54, 1.807) is 0 Å². The van der Waals surface area contributed by atoms with Crippen molar-refractivity contribution in [3.63, 3.8) is 0 Å². The topological polar surface area (TPSA) is 84.5 Å². The Morgan fingerprint density at radius 3 is 2.90 bits per heavy atom. The minimum absolute atomic E-state index is 0.0706. The standard InChI is InChI=1S/C14H20N2O4S/c1-20-14(17)11-5-4-7-13(9-11)21(18,19)16-10-12-6-2-3-8-15-12/h4-5,7,9,12,15-16H,2-3,6,8,10H2,1H3. The third-order valence-electron chi connectivity index (χ3n) is 3.50. The molecule has 0 saturated carbocycles. The Morgan fingerprint density at radius 1 is 1.43 bits per heavy atom. The molecule has 0 spiro atoms. The first-order valence-electron chi connectivity index (χ1n) is 6.94. The van der Waals surface area contributed by atoms with E-state index < -0.39 is 16.0 Å². The van der Waals surface area contributed by atoms with Gasteiger partial charge in [0.15, 0.2) is 0 Å². The zero-order valence-corrected chi connectivity index (χ0v) is 12.8. The van der Waals surface area contributed by atoms with Gasteiger partial charge in [0, 0.05) is 12.6 Å². The number of benzene rings is 1. The van der Waals surface area contributed by atoms with Gasteiger partial charge >= 0.3 is 5.97 Å². The van der Waals surface area contributed by atoms with Crippen LogP contribution in [0.25, 0.3) is 0 Å². The smallest absolute Gasteiger partial charge is 0.337 e. The summed E-state index contributed by atoms with van der Waals surface area (Å²) in [6.45, 7) is 1.27. The molecule has 21 heavy (non-hydrogen) atoms. The highest BCUT2D eigenvalue weighted by Crippen LogP contribution is 2.13. The van der Waals surface area contributed by atoms with E-state index in [2.05, 4.69) is 14.8 Å². The molecule has 1 fully saturated rings. The van der Waals surface area contributed by atoms with Gasteiger partial charge in [0.1, 0.15) is 0 Å². The number of ether oxygens (including phenoxy) is 1. The summed E-state index contributed by atoms with van der Waals surface area (Å²) in [5.41, 5.74) is 0.219. The van der Waals surface area contributed by atoms with Gasteiger partial charge in [-0.25, -0.2) is 17.9 Å². The van der Waals surface area contributed by atoms with Gasteiger partial charge in [0.05, 0.1) is 17.6 Å². The van der Waals surface area contributed by atoms with E-state index in [0.717, 1.165) is 25.8 Å². The number of esters is 1. The molecule has 1 heterocycles. The zero-order valence-electron chi connectivity index (χ0n) is 12.0. The monoisotopic (exact) mass is 312 g/mol. The molecule has 2 N–H and O–H groups in total. The molecular weight excluding hydrogens is 292 g/mol. The van der Waals surface area contributed by atoms with Crippen molar-refractivity contribution in [3.05, 3.63) is 29.8 Å². The lowest BCUT2D eigenvalue weighted by atomic mass is 10.1. The molecule has 2 rings (SSSR count). The molecule has 0 radical (unpaired) electrons. The largest absolute Gasteiger partial charge is 0.465 e. The minimum atomic E-state index is -3.62. The van der Waals surface area contributed by atoms with Gasteiger partial charge in [-0.05, 0) is 37.6 Å². The fourth-order valence-corrected chi connectivity index (χ4v) is 3.43. The fraction of sp³-hybridized carbons (Fsp3) is 0.500. The summed E-state index contributed by atoms with van der Waals surface area (Å²) < 4.78 is 31.7. The average molecular weight is 312 g/mol. The highest BCUT2D eigenvalue weighted by Gasteiger charge is 2.19. The summed E-state index contributed by atoms with van der Waals surface area (Å²) in [7, 11) is -2.36. The molecule has 1 unspecified atom stereocenters. The number of carbonyl (C=O) groups excluding carboxylic acids is 1. The highest BCUT2D eigenvalue weighted by molar-refractivity contribution is 7.89. The van der Waals surface area contributed by atoms with Gasteiger partial charge in [-0.1, -0.05) is 12.5 Å². The normalized spacial score (nSPS) is 19.2. The molecule has 1 atom stereocenters. The van der Waals surface area contributed by atoms with Crippen LogP contribution in [0, 0.1) is 0 Å². The fourth-order valence-electron chi connectivity index (χ4n) is 2.30. The van der Waals surface area contributed by atoms with Gasteiger partial charge < -0.3 is 10.1 Å². The van der Waals surface area contributed by atoms with Crippen molar-refractivity contribution in [1.29, 1.82) is 0 Å². The van der Waals surface area contributed by atoms with E-state index in [9.17, 15) is 13.2 Å². The molecule has 6 nitrogen and oxygen atoms in total. The summed E-state index contributed by atoms with van der Waals surface area (Å²) in [5.74, 6) is -0.555. The van der Waals surface area contributed by atoms with Gasteiger partial charge in [0.2, 0.25) is 10.0 Å². The predicted molar refractivity (Wildman–Crippen MR) is 78.6 cm³/mol. The molecule has 0 aliphatic carbocycles. The Labute approximate surface area is 124 Å². The summed E-state index contributed by atoms with van der Waals surface area (Å²) >= 11 is 0. The molecule has 1 aromatic carbocycles. The molecular formula is C14H20N2O4S. The summed E-state index contributed by atoms with van der Waals surface area (Å²) in [5, 5.41) is 3.28. The first-order chi connectivity index (χ1) is 10.0. The van der Waals surface area contributed by atoms with Gasteiger partial charge in [-0.2, -0.15) is 0 Å². The van der Waals surface area contributed by atoms with Gasteiger partial charge in [0.25, 0.3) is 0 Å². The molecule has 0 bridgehead atoms. The van der Waals surface area contributed by atoms with Gasteiger partial charge in [-0.3, -0.25) is 0 Å². The van der Waals surface area contributed by atoms with Crippen molar-refractivity contribution in [2.24, 2.45) is 0 Å². The highest BCUT2D eigenvalue weighted by atomic mass is 32.2. The first-order valence-corrected chi connectivity index (χ1v) is 8.42. The number of methoxy groups -OCH3 is 1. The zero-order chi connectivity index (χ0) is 15.3. The van der Waals surface area contributed by atoms with Crippen molar-refractivity contribution in [1.82, 2.24) is 10.0 Å². The lowest BCUT2D eigenvalue weighted by molar-refractivity contribution is 0.0600. The van der Waals surface area contributed by atoms with Crippen LogP contribution in [-0.4, -0.2) is 40.6 Å². The van der Waals surface area contributed by atoms with E-state index >= 15 is 0 Å². The van der Waals surface area contributed by atoms with E-state index in [-0.39, 0.29) is 16.5 Å². The average Bonchev–Trinajstić information content (AvgIpc) is 2.53. The van der Waals surface area contributed by atoms with Crippen LogP contribution in [-0.2, 0) is 14.8 Å². The third-order valence-corrected chi connectivity index (χ3v) is 4.92. The second-order valence-corrected chi connectivity index (χ2v) is 6.79. The second kappa shape index (κ2) is 7.02. The number of hydrogen-bond donors (Lipinski definition) is 2. The van der Waals surface area contributed by atoms with Crippen LogP contribution in [0.1, 0.15) is 29.6 Å². The molecule has 0 amide bonds. The van der Waals surface area contributed by atoms with E-state index in [1.807, 2.05) is 0 Å². The first kappa shape index (κ1) is 15.9. The number of sulfonamides is 1. The predicted octanol–water partition coefficient (Wildman–Crippen LogP) is 0.894. The SMILES string of the molecule is COC(=O)c1cccc(S(=O)(=O)NCC2CCCCN2)c1. The molecule has 1 aromatic rings. The maximum Gasteiger partial charge on any atom is 0.337 e. The molecule has 1 aliphatic rings. The quantitative estimate of drug-likeness (QED) is 0.789. The van der Waals surface area contributed by atoms with Crippen LogP contribution >= 0.6 is 0 Å². The van der Waals surface area contributed by atoms with Crippen molar-refractivity contribution in [3.8, 4) is 0 Å². The number of hydrogen-bond acceptors (Lipinski definition) is 5. The van der Waals surface area contributed by atoms with Crippen molar-refractivity contribution < 1.29 is 17.9 Å². The Morgan fingerprint density at radius 2 is 2.24 bits per heavy atom. The van der Waals surface area contributed by atoms with E-state index in [4.69, 9.17) is 0 Å². The third kappa shape index (κ3) is 4.26. The lowest BCUT2D eigenvalue weighted by Gasteiger charge is -2.23. The molecule has 116 valence electrons. The van der Waals surface area contributed by atoms with Crippen LogP contribution in [0.2, 0.25) is 0 Å². The van der Waals surface area contributed by atoms with Crippen molar-refractivity contribution in [2.45, 2.75) is 30.2 Å². The second-order valence-electron chi connectivity index (χ2n) is 5.02. The van der Waals surface area contributed by atoms with Crippen molar-refractivity contribution in [2.75, 3.05) is 20.2 Å². The minimum Gasteiger partial charge on any atom is -0.465 e. The Hall–Kier alpha value is -1.44. The Kier molecular flexibility index (Phi) is 5.33. The Balaban J connectivity index is 2.06. The Bertz CT molecular complexity index is 595. The molecule has 7 heteroatoms.